The summed E-state index contributed by atoms with van der Waals surface area (Å²) in [5.41, 5.74) is 0. The summed E-state index contributed by atoms with van der Waals surface area (Å²) in [4.78, 5) is 4.96. The molecule has 0 N–H and O–H groups in total. The van der Waals surface area contributed by atoms with Crippen LogP contribution in [0.1, 0.15) is 0 Å². The summed E-state index contributed by atoms with van der Waals surface area (Å²) in [6.07, 6.45) is 0. The fraction of sp³-hybridized carbons (Fsp3) is 1.00. The molecule has 0 bridgehead atoms. The highest BCUT2D eigenvalue weighted by Crippen LogP contribution is 2.03. The zero-order valence-corrected chi connectivity index (χ0v) is 6.96. The van der Waals surface area contributed by atoms with Crippen LogP contribution in [0.2, 0.25) is 0 Å². The van der Waals surface area contributed by atoms with Crippen molar-refractivity contribution in [2.45, 2.75) is 0 Å². The van der Waals surface area contributed by atoms with Gasteiger partial charge in [-0.1, -0.05) is 0 Å². The van der Waals surface area contributed by atoms with Gasteiger partial charge in [-0.2, -0.15) is 0 Å². The molecule has 0 atom stereocenters. The van der Waals surface area contributed by atoms with E-state index >= 15 is 0 Å². The van der Waals surface area contributed by atoms with E-state index < -0.39 is 0 Å². The third-order valence-corrected chi connectivity index (χ3v) is 2.38. The van der Waals surface area contributed by atoms with Crippen LogP contribution in [0, 0.1) is 0 Å². The lowest BCUT2D eigenvalue weighted by Crippen LogP contribution is -2.38. The molecule has 0 spiro atoms. The lowest BCUT2D eigenvalue weighted by Gasteiger charge is -2.26. The first kappa shape index (κ1) is 7.53. The molecule has 0 aliphatic carbocycles. The lowest BCUT2D eigenvalue weighted by atomic mass is 10.4. The molecule has 0 aromatic heterocycles. The van der Waals surface area contributed by atoms with Gasteiger partial charge in [-0.15, -0.1) is 0 Å². The number of morpholine rings is 1. The van der Waals surface area contributed by atoms with Gasteiger partial charge < -0.3 is 4.74 Å². The average Bonchev–Trinajstić information content (AvgIpc) is 2.86. The summed E-state index contributed by atoms with van der Waals surface area (Å²) in [5.74, 6) is 0. The molecule has 2 heterocycles. The SMILES string of the molecule is C1CN(CCN2CC2)CCO1. The van der Waals surface area contributed by atoms with Crippen LogP contribution in [0.5, 0.6) is 0 Å². The summed E-state index contributed by atoms with van der Waals surface area (Å²) < 4.78 is 5.27. The fourth-order valence-electron chi connectivity index (χ4n) is 1.40. The van der Waals surface area contributed by atoms with Crippen LogP contribution in [0.15, 0.2) is 0 Å². The van der Waals surface area contributed by atoms with Crippen molar-refractivity contribution in [3.8, 4) is 0 Å². The Balaban J connectivity index is 1.59. The van der Waals surface area contributed by atoms with E-state index in [1.54, 1.807) is 0 Å². The van der Waals surface area contributed by atoms with E-state index in [4.69, 9.17) is 4.74 Å². The minimum Gasteiger partial charge on any atom is -0.379 e. The maximum absolute atomic E-state index is 5.27. The second-order valence-corrected chi connectivity index (χ2v) is 3.30. The van der Waals surface area contributed by atoms with E-state index in [-0.39, 0.29) is 0 Å². The summed E-state index contributed by atoms with van der Waals surface area (Å²) in [5, 5.41) is 0. The van der Waals surface area contributed by atoms with Crippen molar-refractivity contribution in [3.63, 3.8) is 0 Å². The first-order valence-electron chi connectivity index (χ1n) is 4.47. The van der Waals surface area contributed by atoms with Crippen molar-refractivity contribution in [2.24, 2.45) is 0 Å². The lowest BCUT2D eigenvalue weighted by molar-refractivity contribution is 0.0368. The monoisotopic (exact) mass is 156 g/mol. The van der Waals surface area contributed by atoms with Gasteiger partial charge in [0, 0.05) is 39.3 Å². The molecule has 2 rings (SSSR count). The Bertz CT molecular complexity index is 119. The van der Waals surface area contributed by atoms with Crippen LogP contribution in [-0.2, 0) is 4.74 Å². The molecule has 64 valence electrons. The van der Waals surface area contributed by atoms with E-state index in [0.29, 0.717) is 0 Å². The zero-order valence-electron chi connectivity index (χ0n) is 6.96. The van der Waals surface area contributed by atoms with Gasteiger partial charge >= 0.3 is 0 Å². The van der Waals surface area contributed by atoms with Gasteiger partial charge in [-0.25, -0.2) is 0 Å². The number of hydrogen-bond acceptors (Lipinski definition) is 3. The largest absolute Gasteiger partial charge is 0.379 e. The molecule has 2 aliphatic rings. The van der Waals surface area contributed by atoms with Gasteiger partial charge in [0.15, 0.2) is 0 Å². The number of rotatable bonds is 3. The smallest absolute Gasteiger partial charge is 0.0594 e. The highest BCUT2D eigenvalue weighted by atomic mass is 16.5. The topological polar surface area (TPSA) is 15.5 Å². The van der Waals surface area contributed by atoms with Crippen molar-refractivity contribution in [1.82, 2.24) is 9.80 Å². The minimum atomic E-state index is 0.931. The van der Waals surface area contributed by atoms with Crippen LogP contribution in [0.3, 0.4) is 0 Å². The van der Waals surface area contributed by atoms with Gasteiger partial charge in [-0.05, 0) is 0 Å². The average molecular weight is 156 g/mol. The Morgan fingerprint density at radius 2 is 1.36 bits per heavy atom. The molecular formula is C8H16N2O. The summed E-state index contributed by atoms with van der Waals surface area (Å²) in [6.45, 7) is 9.28. The van der Waals surface area contributed by atoms with Crippen LogP contribution in [0.25, 0.3) is 0 Å². The molecule has 0 aromatic carbocycles. The molecule has 2 fully saturated rings. The maximum Gasteiger partial charge on any atom is 0.0594 e. The van der Waals surface area contributed by atoms with Crippen LogP contribution < -0.4 is 0 Å². The molecule has 0 saturated carbocycles. The van der Waals surface area contributed by atoms with Crippen LogP contribution in [-0.4, -0.2) is 62.3 Å². The highest BCUT2D eigenvalue weighted by Gasteiger charge is 2.18. The van der Waals surface area contributed by atoms with Crippen molar-refractivity contribution in [1.29, 1.82) is 0 Å². The van der Waals surface area contributed by atoms with E-state index in [1.165, 1.54) is 26.2 Å². The first-order chi connectivity index (χ1) is 5.45. The molecule has 3 heteroatoms. The molecule has 2 aliphatic heterocycles. The molecule has 11 heavy (non-hydrogen) atoms. The van der Waals surface area contributed by atoms with Crippen LogP contribution >= 0.6 is 0 Å². The fourth-order valence-corrected chi connectivity index (χ4v) is 1.40. The third-order valence-electron chi connectivity index (χ3n) is 2.38. The van der Waals surface area contributed by atoms with Crippen molar-refractivity contribution < 1.29 is 4.74 Å². The Morgan fingerprint density at radius 3 is 1.91 bits per heavy atom. The van der Waals surface area contributed by atoms with Crippen molar-refractivity contribution in [2.75, 3.05) is 52.5 Å². The molecule has 0 radical (unpaired) electrons. The molecule has 2 saturated heterocycles. The Hall–Kier alpha value is -0.120. The second-order valence-electron chi connectivity index (χ2n) is 3.30. The Morgan fingerprint density at radius 1 is 0.818 bits per heavy atom. The normalized spacial score (nSPS) is 27.3. The van der Waals surface area contributed by atoms with Gasteiger partial charge in [0.25, 0.3) is 0 Å². The predicted molar refractivity (Wildman–Crippen MR) is 43.7 cm³/mol. The maximum atomic E-state index is 5.27. The predicted octanol–water partition coefficient (Wildman–Crippen LogP) is -0.366. The zero-order chi connectivity index (χ0) is 7.52. The molecule has 0 aromatic rings. The van der Waals surface area contributed by atoms with Crippen molar-refractivity contribution in [3.05, 3.63) is 0 Å². The summed E-state index contributed by atoms with van der Waals surface area (Å²) in [7, 11) is 0. The second kappa shape index (κ2) is 3.52. The van der Waals surface area contributed by atoms with Gasteiger partial charge in [0.2, 0.25) is 0 Å². The highest BCUT2D eigenvalue weighted by molar-refractivity contribution is 4.74. The molecule has 3 nitrogen and oxygen atoms in total. The minimum absolute atomic E-state index is 0.931. The summed E-state index contributed by atoms with van der Waals surface area (Å²) in [6, 6.07) is 0. The van der Waals surface area contributed by atoms with Gasteiger partial charge in [0.05, 0.1) is 13.2 Å². The summed E-state index contributed by atoms with van der Waals surface area (Å²) >= 11 is 0. The third kappa shape index (κ3) is 2.43. The number of ether oxygens (including phenoxy) is 1. The molecule has 0 amide bonds. The van der Waals surface area contributed by atoms with E-state index in [2.05, 4.69) is 9.80 Å². The number of nitrogens with zero attached hydrogens (tertiary/aromatic N) is 2. The Labute approximate surface area is 67.9 Å². The quantitative estimate of drug-likeness (QED) is 0.519. The van der Waals surface area contributed by atoms with Crippen LogP contribution in [0.4, 0.5) is 0 Å². The Kier molecular flexibility index (Phi) is 2.41. The van der Waals surface area contributed by atoms with E-state index in [0.717, 1.165) is 26.3 Å². The van der Waals surface area contributed by atoms with Crippen molar-refractivity contribution >= 4 is 0 Å². The van der Waals surface area contributed by atoms with Gasteiger partial charge in [-0.3, -0.25) is 9.80 Å². The van der Waals surface area contributed by atoms with E-state index in [1.807, 2.05) is 0 Å². The molecule has 0 unspecified atom stereocenters. The number of hydrogen-bond donors (Lipinski definition) is 0. The molecular weight excluding hydrogens is 140 g/mol. The first-order valence-corrected chi connectivity index (χ1v) is 4.47. The van der Waals surface area contributed by atoms with E-state index in [9.17, 15) is 0 Å². The van der Waals surface area contributed by atoms with Gasteiger partial charge in [0.1, 0.15) is 0 Å². The standard InChI is InChI=1S/C8H16N2O/c1-2-9(1)3-4-10-5-7-11-8-6-10/h1-8H2.